The number of hydrogen-bond donors (Lipinski definition) is 2. The molecule has 1 saturated heterocycles. The lowest BCUT2D eigenvalue weighted by molar-refractivity contribution is 0.405. The van der Waals surface area contributed by atoms with Crippen molar-refractivity contribution in [2.75, 3.05) is 13.7 Å². The number of hydrogen-bond acceptors (Lipinski definition) is 6. The Hall–Kier alpha value is -3.23. The van der Waals surface area contributed by atoms with Crippen molar-refractivity contribution < 1.29 is 4.74 Å². The van der Waals surface area contributed by atoms with Gasteiger partial charge in [0.1, 0.15) is 5.75 Å². The maximum atomic E-state index is 13.2. The molecule has 0 radical (unpaired) electrons. The first-order valence-electron chi connectivity index (χ1n) is 9.98. The molecule has 3 aromatic heterocycles. The molecule has 1 aliphatic heterocycles. The lowest BCUT2D eigenvalue weighted by Crippen LogP contribution is -2.28. The van der Waals surface area contributed by atoms with Crippen LogP contribution in [0.4, 0.5) is 0 Å². The fourth-order valence-corrected chi connectivity index (χ4v) is 4.43. The average molecular weight is 404 g/mol. The summed E-state index contributed by atoms with van der Waals surface area (Å²) in [6, 6.07) is 6.23. The maximum absolute atomic E-state index is 13.2. The van der Waals surface area contributed by atoms with Gasteiger partial charge in [0.25, 0.3) is 0 Å². The molecular formula is C22H24N6O2. The second-order valence-corrected chi connectivity index (χ2v) is 7.86. The standard InChI is InChI=1S/C22H24N6O2/c1-12-9-23-6-5-18(12)28-21-15-7-14(16-10-25-26-13(16)2)20(30-4)8-17(15)24-11-19(21)27(3)22(28)29/h5-9,11,13,16,25-26H,10H2,1-4H3. The Bertz CT molecular complexity index is 1340. The van der Waals surface area contributed by atoms with Crippen LogP contribution in [0.5, 0.6) is 5.75 Å². The van der Waals surface area contributed by atoms with Crippen molar-refractivity contribution in [2.24, 2.45) is 7.05 Å². The van der Waals surface area contributed by atoms with Gasteiger partial charge in [-0.15, -0.1) is 0 Å². The Labute approximate surface area is 173 Å². The van der Waals surface area contributed by atoms with Crippen molar-refractivity contribution >= 4 is 21.9 Å². The summed E-state index contributed by atoms with van der Waals surface area (Å²) in [7, 11) is 3.46. The van der Waals surface area contributed by atoms with E-state index >= 15 is 0 Å². The van der Waals surface area contributed by atoms with Crippen molar-refractivity contribution in [2.45, 2.75) is 25.8 Å². The number of methoxy groups -OCH3 is 1. The number of nitrogens with one attached hydrogen (secondary N) is 2. The van der Waals surface area contributed by atoms with Gasteiger partial charge < -0.3 is 4.74 Å². The molecule has 4 heterocycles. The van der Waals surface area contributed by atoms with Gasteiger partial charge in [-0.25, -0.2) is 4.79 Å². The van der Waals surface area contributed by atoms with Crippen molar-refractivity contribution in [1.29, 1.82) is 0 Å². The van der Waals surface area contributed by atoms with Crippen molar-refractivity contribution in [3.05, 3.63) is 58.4 Å². The molecular weight excluding hydrogens is 380 g/mol. The van der Waals surface area contributed by atoms with Crippen LogP contribution < -0.4 is 21.3 Å². The normalized spacial score (nSPS) is 19.1. The van der Waals surface area contributed by atoms with Gasteiger partial charge >= 0.3 is 5.69 Å². The fraction of sp³-hybridized carbons (Fsp3) is 0.318. The second-order valence-electron chi connectivity index (χ2n) is 7.86. The van der Waals surface area contributed by atoms with E-state index in [1.54, 1.807) is 41.9 Å². The molecule has 0 bridgehead atoms. The Morgan fingerprint density at radius 2 is 2.10 bits per heavy atom. The highest BCUT2D eigenvalue weighted by molar-refractivity contribution is 6.04. The Morgan fingerprint density at radius 1 is 1.27 bits per heavy atom. The van der Waals surface area contributed by atoms with Gasteiger partial charge in [-0.2, -0.15) is 0 Å². The van der Waals surface area contributed by atoms with Crippen LogP contribution in [0.3, 0.4) is 0 Å². The highest BCUT2D eigenvalue weighted by Crippen LogP contribution is 2.36. The first-order valence-corrected chi connectivity index (χ1v) is 9.98. The molecule has 0 amide bonds. The summed E-state index contributed by atoms with van der Waals surface area (Å²) in [6.45, 7) is 4.91. The van der Waals surface area contributed by atoms with Crippen molar-refractivity contribution in [3.8, 4) is 11.4 Å². The molecule has 0 saturated carbocycles. The van der Waals surface area contributed by atoms with Gasteiger partial charge in [-0.1, -0.05) is 0 Å². The molecule has 0 aliphatic carbocycles. The third kappa shape index (κ3) is 2.64. The maximum Gasteiger partial charge on any atom is 0.333 e. The molecule has 1 aliphatic rings. The molecule has 1 aromatic carbocycles. The predicted molar refractivity (Wildman–Crippen MR) is 116 cm³/mol. The summed E-state index contributed by atoms with van der Waals surface area (Å²) < 4.78 is 9.12. The number of aromatic nitrogens is 4. The second kappa shape index (κ2) is 6.93. The Morgan fingerprint density at radius 3 is 2.80 bits per heavy atom. The molecule has 2 N–H and O–H groups in total. The molecule has 1 fully saturated rings. The lowest BCUT2D eigenvalue weighted by Gasteiger charge is -2.19. The molecule has 2 atom stereocenters. The number of rotatable bonds is 3. The molecule has 154 valence electrons. The molecule has 4 aromatic rings. The Balaban J connectivity index is 1.90. The summed E-state index contributed by atoms with van der Waals surface area (Å²) in [5, 5.41) is 0.927. The van der Waals surface area contributed by atoms with E-state index in [0.29, 0.717) is 0 Å². The number of imidazole rings is 1. The van der Waals surface area contributed by atoms with Gasteiger partial charge in [0, 0.05) is 55.0 Å². The SMILES string of the molecule is COc1cc2ncc3c(c2cc1C1CNNC1C)n(-c1ccncc1C)c(=O)n3C. The van der Waals surface area contributed by atoms with Gasteiger partial charge in [-0.05, 0) is 31.5 Å². The fourth-order valence-electron chi connectivity index (χ4n) is 4.43. The van der Waals surface area contributed by atoms with Crippen LogP contribution in [0.1, 0.15) is 24.0 Å². The predicted octanol–water partition coefficient (Wildman–Crippen LogP) is 2.17. The number of aryl methyl sites for hydroxylation is 2. The lowest BCUT2D eigenvalue weighted by atomic mass is 9.92. The van der Waals surface area contributed by atoms with E-state index in [4.69, 9.17) is 4.74 Å². The molecule has 5 rings (SSSR count). The highest BCUT2D eigenvalue weighted by atomic mass is 16.5. The topological polar surface area (TPSA) is 86.0 Å². The quantitative estimate of drug-likeness (QED) is 0.544. The van der Waals surface area contributed by atoms with E-state index in [9.17, 15) is 4.79 Å². The van der Waals surface area contributed by atoms with Crippen LogP contribution >= 0.6 is 0 Å². The molecule has 8 nitrogen and oxygen atoms in total. The number of fused-ring (bicyclic) bond motifs is 3. The Kier molecular flexibility index (Phi) is 4.34. The summed E-state index contributed by atoms with van der Waals surface area (Å²) in [6.07, 6.45) is 5.24. The zero-order valence-electron chi connectivity index (χ0n) is 17.4. The summed E-state index contributed by atoms with van der Waals surface area (Å²) >= 11 is 0. The van der Waals surface area contributed by atoms with E-state index in [0.717, 1.165) is 51.0 Å². The monoisotopic (exact) mass is 404 g/mol. The highest BCUT2D eigenvalue weighted by Gasteiger charge is 2.28. The minimum atomic E-state index is -0.108. The number of nitrogens with zero attached hydrogens (tertiary/aromatic N) is 4. The van der Waals surface area contributed by atoms with E-state index in [1.165, 1.54) is 0 Å². The third-order valence-electron chi connectivity index (χ3n) is 6.12. The molecule has 0 spiro atoms. The minimum absolute atomic E-state index is 0.108. The molecule has 30 heavy (non-hydrogen) atoms. The van der Waals surface area contributed by atoms with Gasteiger partial charge in [0.05, 0.1) is 35.5 Å². The van der Waals surface area contributed by atoms with Crippen molar-refractivity contribution in [3.63, 3.8) is 0 Å². The third-order valence-corrected chi connectivity index (χ3v) is 6.12. The summed E-state index contributed by atoms with van der Waals surface area (Å²) in [4.78, 5) is 22.1. The van der Waals surface area contributed by atoms with Crippen LogP contribution in [-0.4, -0.2) is 38.8 Å². The number of benzene rings is 1. The van der Waals surface area contributed by atoms with Gasteiger partial charge in [-0.3, -0.25) is 30.0 Å². The van der Waals surface area contributed by atoms with Gasteiger partial charge in [0.15, 0.2) is 0 Å². The van der Waals surface area contributed by atoms with E-state index in [2.05, 4.69) is 33.8 Å². The minimum Gasteiger partial charge on any atom is -0.496 e. The van der Waals surface area contributed by atoms with Crippen LogP contribution in [0.25, 0.3) is 27.6 Å². The van der Waals surface area contributed by atoms with E-state index < -0.39 is 0 Å². The largest absolute Gasteiger partial charge is 0.496 e. The van der Waals surface area contributed by atoms with Crippen LogP contribution in [0.2, 0.25) is 0 Å². The number of hydrazine groups is 1. The average Bonchev–Trinajstić information content (AvgIpc) is 3.29. The van der Waals surface area contributed by atoms with E-state index in [1.807, 2.05) is 19.1 Å². The first kappa shape index (κ1) is 18.8. The van der Waals surface area contributed by atoms with Crippen molar-refractivity contribution in [1.82, 2.24) is 30.0 Å². The van der Waals surface area contributed by atoms with Gasteiger partial charge in [0.2, 0.25) is 0 Å². The first-order chi connectivity index (χ1) is 14.5. The summed E-state index contributed by atoms with van der Waals surface area (Å²) in [5.74, 6) is 1.05. The van der Waals surface area contributed by atoms with Crippen LogP contribution in [-0.2, 0) is 7.05 Å². The molecule has 8 heteroatoms. The zero-order chi connectivity index (χ0) is 21.0. The molecule has 2 unspecified atom stereocenters. The smallest absolute Gasteiger partial charge is 0.333 e. The number of pyridine rings is 2. The zero-order valence-corrected chi connectivity index (χ0v) is 17.4. The summed E-state index contributed by atoms with van der Waals surface area (Å²) in [5.41, 5.74) is 11.7. The van der Waals surface area contributed by atoms with Crippen LogP contribution in [0, 0.1) is 6.92 Å². The van der Waals surface area contributed by atoms with Crippen LogP contribution in [0.15, 0.2) is 41.6 Å². The number of ether oxygens (including phenoxy) is 1. The van der Waals surface area contributed by atoms with E-state index in [-0.39, 0.29) is 17.6 Å².